The van der Waals surface area contributed by atoms with Crippen molar-refractivity contribution in [3.8, 4) is 18.2 Å². The molecular formula is C8H7N3. The van der Waals surface area contributed by atoms with Crippen LogP contribution in [-0.4, -0.2) is 0 Å². The SMILES string of the molecule is CC1(C)C(C#N)C1(C#N)C#N. The number of hydrogen-bond donors (Lipinski definition) is 0. The third-order valence-corrected chi connectivity index (χ3v) is 2.57. The van der Waals surface area contributed by atoms with Crippen LogP contribution in [0.2, 0.25) is 0 Å². The van der Waals surface area contributed by atoms with Crippen LogP contribution in [0.5, 0.6) is 0 Å². The minimum absolute atomic E-state index is 0.426. The Morgan fingerprint density at radius 3 is 1.64 bits per heavy atom. The monoisotopic (exact) mass is 145 g/mol. The van der Waals surface area contributed by atoms with Gasteiger partial charge in [0.05, 0.1) is 24.1 Å². The second-order valence-electron chi connectivity index (χ2n) is 3.32. The molecule has 0 spiro atoms. The van der Waals surface area contributed by atoms with Crippen LogP contribution in [0.15, 0.2) is 0 Å². The van der Waals surface area contributed by atoms with Gasteiger partial charge < -0.3 is 0 Å². The van der Waals surface area contributed by atoms with Crippen LogP contribution in [0.4, 0.5) is 0 Å². The maximum atomic E-state index is 8.67. The largest absolute Gasteiger partial charge is 0.198 e. The Kier molecular flexibility index (Phi) is 1.20. The van der Waals surface area contributed by atoms with E-state index in [0.717, 1.165) is 0 Å². The first-order chi connectivity index (χ1) is 5.06. The van der Waals surface area contributed by atoms with Crippen molar-refractivity contribution < 1.29 is 0 Å². The molecule has 0 aromatic carbocycles. The molecule has 54 valence electrons. The number of nitrogens with zero attached hydrogens (tertiary/aromatic N) is 3. The van der Waals surface area contributed by atoms with Crippen molar-refractivity contribution in [3.63, 3.8) is 0 Å². The molecule has 0 radical (unpaired) electrons. The molecule has 0 aromatic rings. The van der Waals surface area contributed by atoms with Gasteiger partial charge in [0.25, 0.3) is 0 Å². The van der Waals surface area contributed by atoms with Crippen molar-refractivity contribution in [2.45, 2.75) is 13.8 Å². The first-order valence-electron chi connectivity index (χ1n) is 3.29. The molecule has 0 heterocycles. The second kappa shape index (κ2) is 1.74. The van der Waals surface area contributed by atoms with Gasteiger partial charge in [-0.05, 0) is 0 Å². The summed E-state index contributed by atoms with van der Waals surface area (Å²) >= 11 is 0. The molecule has 1 aliphatic carbocycles. The molecular weight excluding hydrogens is 138 g/mol. The van der Waals surface area contributed by atoms with Crippen molar-refractivity contribution in [3.05, 3.63) is 0 Å². The predicted octanol–water partition coefficient (Wildman–Crippen LogP) is 1.20. The van der Waals surface area contributed by atoms with E-state index in [1.165, 1.54) is 0 Å². The van der Waals surface area contributed by atoms with E-state index in [2.05, 4.69) is 0 Å². The van der Waals surface area contributed by atoms with Gasteiger partial charge in [-0.1, -0.05) is 13.8 Å². The molecule has 1 saturated carbocycles. The summed E-state index contributed by atoms with van der Waals surface area (Å²) in [6.45, 7) is 3.54. The summed E-state index contributed by atoms with van der Waals surface area (Å²) in [6.07, 6.45) is 0. The van der Waals surface area contributed by atoms with Crippen LogP contribution in [0, 0.1) is 50.7 Å². The molecule has 1 unspecified atom stereocenters. The Balaban J connectivity index is 3.10. The zero-order valence-corrected chi connectivity index (χ0v) is 6.42. The van der Waals surface area contributed by atoms with Crippen LogP contribution in [0.25, 0.3) is 0 Å². The predicted molar refractivity (Wildman–Crippen MR) is 36.5 cm³/mol. The summed E-state index contributed by atoms with van der Waals surface area (Å²) in [6, 6.07) is 5.80. The average molecular weight is 145 g/mol. The summed E-state index contributed by atoms with van der Waals surface area (Å²) in [5.74, 6) is -0.426. The molecule has 1 atom stereocenters. The van der Waals surface area contributed by atoms with Crippen molar-refractivity contribution in [2.24, 2.45) is 16.7 Å². The van der Waals surface area contributed by atoms with Gasteiger partial charge in [-0.25, -0.2) is 0 Å². The van der Waals surface area contributed by atoms with E-state index in [-0.39, 0.29) is 0 Å². The Morgan fingerprint density at radius 1 is 1.09 bits per heavy atom. The zero-order chi connectivity index (χ0) is 8.70. The zero-order valence-electron chi connectivity index (χ0n) is 6.42. The highest BCUT2D eigenvalue weighted by Gasteiger charge is 2.74. The molecule has 3 nitrogen and oxygen atoms in total. The molecule has 1 fully saturated rings. The van der Waals surface area contributed by atoms with E-state index < -0.39 is 16.7 Å². The van der Waals surface area contributed by atoms with Crippen molar-refractivity contribution in [2.75, 3.05) is 0 Å². The first-order valence-corrected chi connectivity index (χ1v) is 3.29. The summed E-state index contributed by atoms with van der Waals surface area (Å²) < 4.78 is 0. The summed E-state index contributed by atoms with van der Waals surface area (Å²) in [7, 11) is 0. The lowest BCUT2D eigenvalue weighted by Crippen LogP contribution is -2.01. The molecule has 0 bridgehead atoms. The Hall–Kier alpha value is -1.53. The minimum Gasteiger partial charge on any atom is -0.198 e. The van der Waals surface area contributed by atoms with E-state index >= 15 is 0 Å². The molecule has 1 aliphatic rings. The highest BCUT2D eigenvalue weighted by Crippen LogP contribution is 2.67. The minimum atomic E-state index is -1.05. The Labute approximate surface area is 65.5 Å². The summed E-state index contributed by atoms with van der Waals surface area (Å²) in [5.41, 5.74) is -1.51. The van der Waals surface area contributed by atoms with Gasteiger partial charge in [-0.3, -0.25) is 0 Å². The number of nitriles is 3. The van der Waals surface area contributed by atoms with E-state index in [0.29, 0.717) is 0 Å². The van der Waals surface area contributed by atoms with Gasteiger partial charge in [0.15, 0.2) is 5.41 Å². The highest BCUT2D eigenvalue weighted by molar-refractivity contribution is 5.41. The highest BCUT2D eigenvalue weighted by atomic mass is 14.7. The smallest absolute Gasteiger partial charge is 0.166 e. The fraction of sp³-hybridized carbons (Fsp3) is 0.625. The molecule has 0 saturated heterocycles. The molecule has 0 N–H and O–H groups in total. The van der Waals surface area contributed by atoms with E-state index in [9.17, 15) is 0 Å². The van der Waals surface area contributed by atoms with Crippen molar-refractivity contribution >= 4 is 0 Å². The molecule has 0 amide bonds. The third kappa shape index (κ3) is 0.547. The number of hydrogen-bond acceptors (Lipinski definition) is 3. The lowest BCUT2D eigenvalue weighted by molar-refractivity contribution is 0.550. The lowest BCUT2D eigenvalue weighted by atomic mass is 10.00. The second-order valence-corrected chi connectivity index (χ2v) is 3.32. The lowest BCUT2D eigenvalue weighted by Gasteiger charge is -1.97. The third-order valence-electron chi connectivity index (χ3n) is 2.57. The molecule has 11 heavy (non-hydrogen) atoms. The summed E-state index contributed by atoms with van der Waals surface area (Å²) in [5, 5.41) is 25.9. The van der Waals surface area contributed by atoms with E-state index in [1.54, 1.807) is 13.8 Å². The molecule has 0 aliphatic heterocycles. The molecule has 3 heteroatoms. The van der Waals surface area contributed by atoms with Gasteiger partial charge in [0, 0.05) is 5.41 Å². The first kappa shape index (κ1) is 7.58. The van der Waals surface area contributed by atoms with Crippen LogP contribution < -0.4 is 0 Å². The van der Waals surface area contributed by atoms with Crippen LogP contribution in [0.3, 0.4) is 0 Å². The van der Waals surface area contributed by atoms with Crippen LogP contribution in [0.1, 0.15) is 13.8 Å². The van der Waals surface area contributed by atoms with Gasteiger partial charge in [0.1, 0.15) is 0 Å². The fourth-order valence-electron chi connectivity index (χ4n) is 1.46. The van der Waals surface area contributed by atoms with Crippen LogP contribution >= 0.6 is 0 Å². The molecule has 1 rings (SSSR count). The van der Waals surface area contributed by atoms with Gasteiger partial charge in [-0.15, -0.1) is 0 Å². The maximum Gasteiger partial charge on any atom is 0.166 e. The van der Waals surface area contributed by atoms with E-state index in [4.69, 9.17) is 15.8 Å². The Morgan fingerprint density at radius 2 is 1.55 bits per heavy atom. The quantitative estimate of drug-likeness (QED) is 0.514. The fourth-order valence-corrected chi connectivity index (χ4v) is 1.46. The van der Waals surface area contributed by atoms with Crippen molar-refractivity contribution in [1.82, 2.24) is 0 Å². The molecule has 0 aromatic heterocycles. The number of rotatable bonds is 0. The summed E-state index contributed by atoms with van der Waals surface area (Å²) in [4.78, 5) is 0. The van der Waals surface area contributed by atoms with Gasteiger partial charge in [-0.2, -0.15) is 15.8 Å². The Bertz CT molecular complexity index is 294. The normalized spacial score (nSPS) is 29.2. The van der Waals surface area contributed by atoms with Crippen LogP contribution in [-0.2, 0) is 0 Å². The van der Waals surface area contributed by atoms with Crippen molar-refractivity contribution in [1.29, 1.82) is 15.8 Å². The topological polar surface area (TPSA) is 71.4 Å². The van der Waals surface area contributed by atoms with E-state index in [1.807, 2.05) is 18.2 Å². The standard InChI is InChI=1S/C8H7N3/c1-7(2)6(3-9)8(7,4-10)5-11/h6H,1-2H3. The average Bonchev–Trinajstić information content (AvgIpc) is 2.47. The maximum absolute atomic E-state index is 8.67. The van der Waals surface area contributed by atoms with Gasteiger partial charge >= 0.3 is 0 Å². The van der Waals surface area contributed by atoms with Gasteiger partial charge in [0.2, 0.25) is 0 Å².